The van der Waals surface area contributed by atoms with Crippen LogP contribution in [0.25, 0.3) is 0 Å². The molecular weight excluding hydrogens is 449 g/mol. The third kappa shape index (κ3) is 6.82. The molecule has 2 heterocycles. The fourth-order valence-corrected chi connectivity index (χ4v) is 4.78. The first-order valence-electron chi connectivity index (χ1n) is 10.2. The molecule has 0 saturated carbocycles. The SMILES string of the molecule is CCCCCC#CC(O)(CS(=O)(=O)N1CCN(c2ccc(C(F)(F)F)cn2)CC1)C(N)=O. The summed E-state index contributed by atoms with van der Waals surface area (Å²) in [6, 6.07) is 2.14. The van der Waals surface area contributed by atoms with Crippen LogP contribution < -0.4 is 10.6 Å². The number of carbonyl (C=O) groups excluding carboxylic acids is 1. The maximum atomic E-state index is 12.8. The van der Waals surface area contributed by atoms with Crippen molar-refractivity contribution in [3.05, 3.63) is 23.9 Å². The second-order valence-electron chi connectivity index (χ2n) is 7.53. The third-order valence-corrected chi connectivity index (χ3v) is 6.97. The third-order valence-electron chi connectivity index (χ3n) is 5.03. The molecule has 0 bridgehead atoms. The molecule has 2 rings (SSSR count). The summed E-state index contributed by atoms with van der Waals surface area (Å²) >= 11 is 0. The monoisotopic (exact) mass is 476 g/mol. The highest BCUT2D eigenvalue weighted by atomic mass is 32.2. The maximum absolute atomic E-state index is 12.8. The van der Waals surface area contributed by atoms with E-state index < -0.39 is 39.0 Å². The van der Waals surface area contributed by atoms with Crippen LogP contribution in [-0.4, -0.2) is 66.3 Å². The van der Waals surface area contributed by atoms with E-state index >= 15 is 0 Å². The maximum Gasteiger partial charge on any atom is 0.417 e. The first-order valence-corrected chi connectivity index (χ1v) is 11.8. The molecule has 1 aliphatic rings. The Balaban J connectivity index is 2.02. The molecular formula is C20H27F3N4O4S. The molecule has 1 amide bonds. The van der Waals surface area contributed by atoms with Crippen LogP contribution in [0.3, 0.4) is 0 Å². The molecule has 3 N–H and O–H groups in total. The number of aromatic nitrogens is 1. The minimum Gasteiger partial charge on any atom is -0.369 e. The number of primary amides is 1. The Hall–Kier alpha value is -2.36. The predicted octanol–water partition coefficient (Wildman–Crippen LogP) is 1.35. The number of hydrogen-bond donors (Lipinski definition) is 2. The van der Waals surface area contributed by atoms with Gasteiger partial charge in [-0.2, -0.15) is 17.5 Å². The van der Waals surface area contributed by atoms with Gasteiger partial charge in [-0.15, -0.1) is 0 Å². The summed E-state index contributed by atoms with van der Waals surface area (Å²) in [6.07, 6.45) is -0.726. The Labute approximate surface area is 185 Å². The van der Waals surface area contributed by atoms with E-state index in [0.717, 1.165) is 35.8 Å². The van der Waals surface area contributed by atoms with Gasteiger partial charge in [0.2, 0.25) is 15.6 Å². The van der Waals surface area contributed by atoms with E-state index in [2.05, 4.69) is 16.8 Å². The van der Waals surface area contributed by atoms with Crippen molar-refractivity contribution < 1.29 is 31.5 Å². The van der Waals surface area contributed by atoms with Crippen LogP contribution in [0.4, 0.5) is 19.0 Å². The fraction of sp³-hybridized carbons (Fsp3) is 0.600. The minimum atomic E-state index is -4.49. The van der Waals surface area contributed by atoms with Crippen molar-refractivity contribution in [1.82, 2.24) is 9.29 Å². The van der Waals surface area contributed by atoms with E-state index in [9.17, 15) is 31.5 Å². The Kier molecular flexibility index (Phi) is 8.50. The van der Waals surface area contributed by atoms with Gasteiger partial charge >= 0.3 is 6.18 Å². The van der Waals surface area contributed by atoms with E-state index in [0.29, 0.717) is 12.2 Å². The molecule has 12 heteroatoms. The van der Waals surface area contributed by atoms with Crippen LogP contribution in [0.1, 0.15) is 38.2 Å². The molecule has 178 valence electrons. The van der Waals surface area contributed by atoms with Crippen LogP contribution in [0, 0.1) is 11.8 Å². The molecule has 0 spiro atoms. The quantitative estimate of drug-likeness (QED) is 0.432. The van der Waals surface area contributed by atoms with Crippen LogP contribution >= 0.6 is 0 Å². The van der Waals surface area contributed by atoms with Gasteiger partial charge in [-0.05, 0) is 18.6 Å². The Morgan fingerprint density at radius 2 is 1.88 bits per heavy atom. The van der Waals surface area contributed by atoms with Gasteiger partial charge < -0.3 is 15.7 Å². The van der Waals surface area contributed by atoms with E-state index in [1.165, 1.54) is 6.07 Å². The van der Waals surface area contributed by atoms with Gasteiger partial charge in [0.1, 0.15) is 11.6 Å². The zero-order valence-electron chi connectivity index (χ0n) is 17.7. The van der Waals surface area contributed by atoms with Gasteiger partial charge in [-0.3, -0.25) is 4.79 Å². The summed E-state index contributed by atoms with van der Waals surface area (Å²) in [5, 5.41) is 10.5. The number of aliphatic hydroxyl groups is 1. The summed E-state index contributed by atoms with van der Waals surface area (Å²) in [6.45, 7) is 2.37. The fourth-order valence-electron chi connectivity index (χ4n) is 3.13. The highest BCUT2D eigenvalue weighted by molar-refractivity contribution is 7.89. The van der Waals surface area contributed by atoms with Gasteiger partial charge in [0.05, 0.1) is 5.56 Å². The van der Waals surface area contributed by atoms with Crippen molar-refractivity contribution in [3.8, 4) is 11.8 Å². The number of alkyl halides is 3. The zero-order valence-corrected chi connectivity index (χ0v) is 18.5. The number of amides is 1. The van der Waals surface area contributed by atoms with Crippen LogP contribution in [0.2, 0.25) is 0 Å². The standard InChI is InChI=1S/C20H27F3N4O4S/c1-2-3-4-5-6-9-19(29,18(24)28)15-32(30,31)27-12-10-26(11-13-27)17-8-7-16(14-25-17)20(21,22)23/h7-8,14,29H,2-5,10-13,15H2,1H3,(H2,24,28). The number of nitrogens with zero attached hydrogens (tertiary/aromatic N) is 3. The van der Waals surface area contributed by atoms with Crippen LogP contribution in [-0.2, 0) is 21.0 Å². The average Bonchev–Trinajstić information content (AvgIpc) is 2.73. The van der Waals surface area contributed by atoms with Crippen LogP contribution in [0.15, 0.2) is 18.3 Å². The number of piperazine rings is 1. The lowest BCUT2D eigenvalue weighted by atomic mass is 10.1. The van der Waals surface area contributed by atoms with Crippen molar-refractivity contribution in [2.24, 2.45) is 5.73 Å². The first kappa shape index (κ1) is 25.9. The predicted molar refractivity (Wildman–Crippen MR) is 113 cm³/mol. The number of sulfonamides is 1. The Morgan fingerprint density at radius 3 is 2.38 bits per heavy atom. The molecule has 1 fully saturated rings. The van der Waals surface area contributed by atoms with Crippen molar-refractivity contribution >= 4 is 21.7 Å². The number of hydrogen-bond acceptors (Lipinski definition) is 6. The molecule has 1 aliphatic heterocycles. The van der Waals surface area contributed by atoms with Crippen molar-refractivity contribution in [1.29, 1.82) is 0 Å². The number of pyridine rings is 1. The average molecular weight is 477 g/mol. The molecule has 1 aromatic heterocycles. The smallest absolute Gasteiger partial charge is 0.369 e. The Bertz CT molecular complexity index is 950. The van der Waals surface area contributed by atoms with E-state index in [1.807, 2.05) is 6.92 Å². The summed E-state index contributed by atoms with van der Waals surface area (Å²) in [5.74, 6) is 3.04. The number of carbonyl (C=O) groups is 1. The molecule has 1 aromatic rings. The lowest BCUT2D eigenvalue weighted by molar-refractivity contribution is -0.137. The van der Waals surface area contributed by atoms with Gasteiger partial charge in [0, 0.05) is 38.8 Å². The molecule has 1 unspecified atom stereocenters. The zero-order chi connectivity index (χ0) is 24.0. The van der Waals surface area contributed by atoms with Gasteiger partial charge in [-0.1, -0.05) is 31.6 Å². The molecule has 0 aliphatic carbocycles. The molecule has 32 heavy (non-hydrogen) atoms. The topological polar surface area (TPSA) is 117 Å². The number of nitrogens with two attached hydrogens (primary N) is 1. The van der Waals surface area contributed by atoms with E-state index in [1.54, 1.807) is 4.90 Å². The summed E-state index contributed by atoms with van der Waals surface area (Å²) in [4.78, 5) is 17.2. The largest absolute Gasteiger partial charge is 0.417 e. The molecule has 0 radical (unpaired) electrons. The molecule has 8 nitrogen and oxygen atoms in total. The highest BCUT2D eigenvalue weighted by Gasteiger charge is 2.41. The van der Waals surface area contributed by atoms with Crippen LogP contribution in [0.5, 0.6) is 0 Å². The summed E-state index contributed by atoms with van der Waals surface area (Å²) in [5.41, 5.74) is 1.84. The van der Waals surface area contributed by atoms with Gasteiger partial charge in [0.15, 0.2) is 0 Å². The first-order chi connectivity index (χ1) is 14.9. The lowest BCUT2D eigenvalue weighted by Crippen LogP contribution is -2.55. The summed E-state index contributed by atoms with van der Waals surface area (Å²) in [7, 11) is -4.08. The second-order valence-corrected chi connectivity index (χ2v) is 9.50. The van der Waals surface area contributed by atoms with Crippen molar-refractivity contribution in [2.75, 3.05) is 36.8 Å². The van der Waals surface area contributed by atoms with Gasteiger partial charge in [-0.25, -0.2) is 13.4 Å². The molecule has 1 atom stereocenters. The minimum absolute atomic E-state index is 0.00378. The summed E-state index contributed by atoms with van der Waals surface area (Å²) < 4.78 is 64.7. The normalized spacial score (nSPS) is 17.3. The highest BCUT2D eigenvalue weighted by Crippen LogP contribution is 2.29. The lowest BCUT2D eigenvalue weighted by Gasteiger charge is -2.35. The van der Waals surface area contributed by atoms with E-state index in [4.69, 9.17) is 5.73 Å². The number of halogens is 3. The molecule has 0 aromatic carbocycles. The second kappa shape index (κ2) is 10.5. The number of anilines is 1. The van der Waals surface area contributed by atoms with Gasteiger partial charge in [0.25, 0.3) is 5.91 Å². The number of rotatable bonds is 8. The van der Waals surface area contributed by atoms with Crippen molar-refractivity contribution in [3.63, 3.8) is 0 Å². The Morgan fingerprint density at radius 1 is 1.22 bits per heavy atom. The van der Waals surface area contributed by atoms with Crippen molar-refractivity contribution in [2.45, 2.75) is 44.4 Å². The molecule has 1 saturated heterocycles. The number of unbranched alkanes of at least 4 members (excludes halogenated alkanes) is 3. The van der Waals surface area contributed by atoms with E-state index in [-0.39, 0.29) is 26.2 Å².